The lowest BCUT2D eigenvalue weighted by Crippen LogP contribution is -2.32. The maximum atomic E-state index is 12.6. The summed E-state index contributed by atoms with van der Waals surface area (Å²) >= 11 is 4.38. The van der Waals surface area contributed by atoms with Gasteiger partial charge in [0.15, 0.2) is 5.60 Å². The van der Waals surface area contributed by atoms with Crippen molar-refractivity contribution in [1.29, 1.82) is 0 Å². The number of carbonyl (C=O) groups excluding carboxylic acids is 1. The Kier molecular flexibility index (Phi) is 2.77. The third-order valence-corrected chi connectivity index (χ3v) is 4.96. The van der Waals surface area contributed by atoms with Crippen LogP contribution < -0.4 is 4.74 Å². The molecule has 1 atom stereocenters. The molecular formula is C20H12O4S. The number of ether oxygens (including phenoxy) is 2. The molecule has 0 saturated carbocycles. The second kappa shape index (κ2) is 4.80. The average molecular weight is 348 g/mol. The highest BCUT2D eigenvalue weighted by Gasteiger charge is 2.53. The number of hydrogen-bond donors (Lipinski definition) is 2. The van der Waals surface area contributed by atoms with Crippen molar-refractivity contribution in [2.24, 2.45) is 0 Å². The van der Waals surface area contributed by atoms with Crippen molar-refractivity contribution in [2.45, 2.75) is 10.5 Å². The van der Waals surface area contributed by atoms with Gasteiger partial charge in [-0.3, -0.25) is 0 Å². The fourth-order valence-corrected chi connectivity index (χ4v) is 3.85. The van der Waals surface area contributed by atoms with Gasteiger partial charge in [0.05, 0.1) is 5.56 Å². The normalized spacial score (nSPS) is 19.6. The molecule has 1 spiro atoms. The summed E-state index contributed by atoms with van der Waals surface area (Å²) < 4.78 is 11.9. The van der Waals surface area contributed by atoms with Gasteiger partial charge in [-0.15, -0.1) is 12.6 Å². The molecule has 1 N–H and O–H groups in total. The number of aromatic hydroxyl groups is 1. The molecule has 2 heterocycles. The molecule has 0 fully saturated rings. The summed E-state index contributed by atoms with van der Waals surface area (Å²) in [5, 5.41) is 9.87. The Balaban J connectivity index is 1.91. The number of phenols is 1. The quantitative estimate of drug-likeness (QED) is 0.471. The minimum absolute atomic E-state index is 0.0805. The lowest BCUT2D eigenvalue weighted by atomic mass is 9.78. The molecule has 3 aromatic carbocycles. The SMILES string of the molecule is O=C1OC2(c3ccc(O)cc3Oc3cc(S)ccc32)c2ccccc21. The third-order valence-electron chi connectivity index (χ3n) is 4.68. The number of thiol groups is 1. The highest BCUT2D eigenvalue weighted by molar-refractivity contribution is 7.80. The van der Waals surface area contributed by atoms with E-state index in [1.54, 1.807) is 24.3 Å². The van der Waals surface area contributed by atoms with Gasteiger partial charge >= 0.3 is 5.97 Å². The second-order valence-corrected chi connectivity index (χ2v) is 6.60. The van der Waals surface area contributed by atoms with Crippen molar-refractivity contribution in [3.05, 3.63) is 82.9 Å². The molecule has 2 aliphatic heterocycles. The number of rotatable bonds is 0. The molecule has 2 aliphatic rings. The molecule has 0 saturated heterocycles. The highest BCUT2D eigenvalue weighted by atomic mass is 32.1. The van der Waals surface area contributed by atoms with Crippen molar-refractivity contribution < 1.29 is 19.4 Å². The molecule has 0 radical (unpaired) electrons. The molecule has 122 valence electrons. The van der Waals surface area contributed by atoms with E-state index in [0.717, 1.165) is 16.0 Å². The second-order valence-electron chi connectivity index (χ2n) is 6.08. The van der Waals surface area contributed by atoms with Crippen LogP contribution in [-0.2, 0) is 10.3 Å². The van der Waals surface area contributed by atoms with E-state index in [-0.39, 0.29) is 11.7 Å². The number of fused-ring (bicyclic) bond motifs is 6. The van der Waals surface area contributed by atoms with E-state index >= 15 is 0 Å². The predicted molar refractivity (Wildman–Crippen MR) is 93.6 cm³/mol. The Morgan fingerprint density at radius 3 is 2.44 bits per heavy atom. The zero-order chi connectivity index (χ0) is 17.2. The highest BCUT2D eigenvalue weighted by Crippen LogP contribution is 2.56. The Hall–Kier alpha value is -2.92. The third kappa shape index (κ3) is 1.81. The monoisotopic (exact) mass is 348 g/mol. The van der Waals surface area contributed by atoms with E-state index in [1.165, 1.54) is 6.07 Å². The van der Waals surface area contributed by atoms with Crippen LogP contribution >= 0.6 is 12.6 Å². The Morgan fingerprint density at radius 1 is 0.880 bits per heavy atom. The molecule has 0 aliphatic carbocycles. The summed E-state index contributed by atoms with van der Waals surface area (Å²) in [6.07, 6.45) is 0. The minimum atomic E-state index is -1.09. The van der Waals surface area contributed by atoms with E-state index < -0.39 is 5.60 Å². The van der Waals surface area contributed by atoms with Crippen molar-refractivity contribution in [3.8, 4) is 17.2 Å². The summed E-state index contributed by atoms with van der Waals surface area (Å²) in [6.45, 7) is 0. The molecule has 0 bridgehead atoms. The van der Waals surface area contributed by atoms with Crippen LogP contribution in [0.15, 0.2) is 65.6 Å². The summed E-state index contributed by atoms with van der Waals surface area (Å²) in [7, 11) is 0. The molecule has 25 heavy (non-hydrogen) atoms. The van der Waals surface area contributed by atoms with Gasteiger partial charge in [-0.1, -0.05) is 18.2 Å². The zero-order valence-corrected chi connectivity index (χ0v) is 13.8. The molecule has 0 aromatic heterocycles. The van der Waals surface area contributed by atoms with Crippen LogP contribution in [0, 0.1) is 0 Å². The van der Waals surface area contributed by atoms with Crippen molar-refractivity contribution in [3.63, 3.8) is 0 Å². The number of carbonyl (C=O) groups is 1. The summed E-state index contributed by atoms with van der Waals surface area (Å²) in [4.78, 5) is 13.3. The van der Waals surface area contributed by atoms with Crippen LogP contribution in [0.4, 0.5) is 0 Å². The molecule has 3 aromatic rings. The Morgan fingerprint density at radius 2 is 1.60 bits per heavy atom. The van der Waals surface area contributed by atoms with E-state index in [0.29, 0.717) is 22.6 Å². The molecule has 5 heteroatoms. The molecule has 4 nitrogen and oxygen atoms in total. The smallest absolute Gasteiger partial charge is 0.340 e. The molecule has 5 rings (SSSR count). The van der Waals surface area contributed by atoms with E-state index in [4.69, 9.17) is 9.47 Å². The number of phenolic OH excluding ortho intramolecular Hbond substituents is 1. The number of benzene rings is 3. The fourth-order valence-electron chi connectivity index (χ4n) is 3.65. The van der Waals surface area contributed by atoms with Gasteiger partial charge in [-0.25, -0.2) is 4.79 Å². The maximum Gasteiger partial charge on any atom is 0.340 e. The van der Waals surface area contributed by atoms with E-state index in [9.17, 15) is 9.90 Å². The Bertz CT molecular complexity index is 1010. The summed E-state index contributed by atoms with van der Waals surface area (Å²) in [5.74, 6) is 0.709. The molecular weight excluding hydrogens is 336 g/mol. The van der Waals surface area contributed by atoms with Crippen molar-refractivity contribution in [2.75, 3.05) is 0 Å². The first-order valence-electron chi connectivity index (χ1n) is 7.77. The van der Waals surface area contributed by atoms with E-state index in [1.807, 2.05) is 30.3 Å². The van der Waals surface area contributed by atoms with Crippen LogP contribution in [0.3, 0.4) is 0 Å². The largest absolute Gasteiger partial charge is 0.508 e. The summed E-state index contributed by atoms with van der Waals surface area (Å²) in [6, 6.07) is 17.7. The lowest BCUT2D eigenvalue weighted by molar-refractivity contribution is 0.0224. The van der Waals surface area contributed by atoms with Crippen LogP contribution in [0.25, 0.3) is 0 Å². The average Bonchev–Trinajstić information content (AvgIpc) is 2.88. The zero-order valence-electron chi connectivity index (χ0n) is 12.9. The topological polar surface area (TPSA) is 55.8 Å². The van der Waals surface area contributed by atoms with Crippen LogP contribution in [0.2, 0.25) is 0 Å². The van der Waals surface area contributed by atoms with Gasteiger partial charge in [0.25, 0.3) is 0 Å². The number of hydrogen-bond acceptors (Lipinski definition) is 5. The Labute approximate surface area is 149 Å². The van der Waals surface area contributed by atoms with Crippen molar-refractivity contribution >= 4 is 18.6 Å². The lowest BCUT2D eigenvalue weighted by Gasteiger charge is -2.36. The molecule has 0 amide bonds. The van der Waals surface area contributed by atoms with Gasteiger partial charge in [0.2, 0.25) is 0 Å². The maximum absolute atomic E-state index is 12.6. The van der Waals surface area contributed by atoms with Gasteiger partial charge in [-0.2, -0.15) is 0 Å². The van der Waals surface area contributed by atoms with Gasteiger partial charge in [0.1, 0.15) is 17.2 Å². The first-order chi connectivity index (χ1) is 12.1. The summed E-state index contributed by atoms with van der Waals surface area (Å²) in [5.41, 5.74) is 1.63. The van der Waals surface area contributed by atoms with Crippen LogP contribution in [0.5, 0.6) is 17.2 Å². The fraction of sp³-hybridized carbons (Fsp3) is 0.0500. The first kappa shape index (κ1) is 14.4. The predicted octanol–water partition coefficient (Wildman–Crippen LogP) is 4.25. The minimum Gasteiger partial charge on any atom is -0.508 e. The standard InChI is InChI=1S/C20H12O4S/c21-11-5-7-15-17(9-11)23-18-10-12(25)6-8-16(18)20(15)14-4-2-1-3-13(14)19(22)24-20/h1-10,21,25H. The van der Waals surface area contributed by atoms with Gasteiger partial charge in [-0.05, 0) is 36.4 Å². The van der Waals surface area contributed by atoms with E-state index in [2.05, 4.69) is 12.6 Å². The van der Waals surface area contributed by atoms with Crippen molar-refractivity contribution in [1.82, 2.24) is 0 Å². The first-order valence-corrected chi connectivity index (χ1v) is 8.22. The van der Waals surface area contributed by atoms with Gasteiger partial charge in [0, 0.05) is 27.7 Å². The molecule has 1 unspecified atom stereocenters. The van der Waals surface area contributed by atoms with Crippen LogP contribution in [0.1, 0.15) is 27.0 Å². The number of esters is 1. The van der Waals surface area contributed by atoms with Gasteiger partial charge < -0.3 is 14.6 Å². The van der Waals surface area contributed by atoms with Crippen LogP contribution in [-0.4, -0.2) is 11.1 Å².